The molecule has 10 nitrogen and oxygen atoms in total. The molecule has 0 aliphatic heterocycles. The van der Waals surface area contributed by atoms with Gasteiger partial charge in [-0.1, -0.05) is 116 Å². The van der Waals surface area contributed by atoms with Crippen LogP contribution in [0.3, 0.4) is 0 Å². The normalized spacial score (nSPS) is 24.6. The lowest BCUT2D eigenvalue weighted by molar-refractivity contribution is -0.141. The van der Waals surface area contributed by atoms with Crippen LogP contribution in [0.15, 0.2) is 65.9 Å². The summed E-state index contributed by atoms with van der Waals surface area (Å²) in [6.45, 7) is 16.0. The van der Waals surface area contributed by atoms with E-state index in [-0.39, 0.29) is 23.3 Å². The summed E-state index contributed by atoms with van der Waals surface area (Å²) in [5, 5.41) is 24.6. The van der Waals surface area contributed by atoms with E-state index >= 15 is 0 Å². The Morgan fingerprint density at radius 1 is 0.741 bits per heavy atom. The maximum atomic E-state index is 13.5. The molecule has 288 valence electrons. The number of aliphatic imine (C=N–C) groups is 1. The van der Waals surface area contributed by atoms with E-state index in [0.29, 0.717) is 43.0 Å². The summed E-state index contributed by atoms with van der Waals surface area (Å²) >= 11 is 0. The number of amides is 2. The average Bonchev–Trinajstić information content (AvgIpc) is 3.82. The van der Waals surface area contributed by atoms with Crippen molar-refractivity contribution in [3.63, 3.8) is 0 Å². The number of carbonyl (C=O) groups is 2. The van der Waals surface area contributed by atoms with Gasteiger partial charge in [0.05, 0.1) is 58.6 Å². The number of aromatic nitrogens is 4. The highest BCUT2D eigenvalue weighted by molar-refractivity contribution is 6.08. The van der Waals surface area contributed by atoms with Crippen molar-refractivity contribution in [3.05, 3.63) is 72.6 Å². The summed E-state index contributed by atoms with van der Waals surface area (Å²) in [4.78, 5) is 47.8. The van der Waals surface area contributed by atoms with Gasteiger partial charge < -0.3 is 25.5 Å². The Kier molecular flexibility index (Phi) is 10.9. The summed E-state index contributed by atoms with van der Waals surface area (Å²) in [6.07, 6.45) is 8.50. The van der Waals surface area contributed by atoms with Crippen LogP contribution in [0.2, 0.25) is 0 Å². The molecule has 2 amide bonds. The third-order valence-electron chi connectivity index (χ3n) is 11.8. The average molecular weight is 735 g/mol. The van der Waals surface area contributed by atoms with Gasteiger partial charge in [0.15, 0.2) is 5.82 Å². The smallest absolute Gasteiger partial charge is 0.254 e. The Bertz CT molecular complexity index is 1980. The molecule has 2 fully saturated rings. The van der Waals surface area contributed by atoms with E-state index in [0.717, 1.165) is 59.3 Å². The minimum Gasteiger partial charge on any atom is -0.392 e. The van der Waals surface area contributed by atoms with Gasteiger partial charge in [0.2, 0.25) is 5.91 Å². The Morgan fingerprint density at radius 3 is 1.72 bits per heavy atom. The molecule has 2 aliphatic carbocycles. The third kappa shape index (κ3) is 8.01. The largest absolute Gasteiger partial charge is 0.392 e. The number of nitrogens with zero attached hydrogens (tertiary/aromatic N) is 3. The second-order valence-electron chi connectivity index (χ2n) is 18.1. The number of aliphatic hydroxyl groups is 2. The van der Waals surface area contributed by atoms with Crippen LogP contribution in [0.25, 0.3) is 33.6 Å². The molecule has 0 saturated heterocycles. The highest BCUT2D eigenvalue weighted by atomic mass is 16.3. The van der Waals surface area contributed by atoms with Gasteiger partial charge in [-0.3, -0.25) is 9.59 Å². The maximum Gasteiger partial charge on any atom is 0.254 e. The first kappa shape index (κ1) is 39.3. The van der Waals surface area contributed by atoms with Crippen LogP contribution in [0, 0.1) is 21.7 Å². The van der Waals surface area contributed by atoms with Crippen LogP contribution in [-0.2, 0) is 9.59 Å². The van der Waals surface area contributed by atoms with Gasteiger partial charge in [-0.2, -0.15) is 0 Å². The zero-order valence-corrected chi connectivity index (χ0v) is 33.2. The van der Waals surface area contributed by atoms with Crippen LogP contribution in [0.4, 0.5) is 0 Å². The van der Waals surface area contributed by atoms with Crippen molar-refractivity contribution in [2.24, 2.45) is 26.7 Å². The number of hydrogen-bond donors (Lipinski definition) is 5. The van der Waals surface area contributed by atoms with Crippen LogP contribution in [0.1, 0.15) is 124 Å². The molecule has 5 N–H and O–H groups in total. The minimum absolute atomic E-state index is 0.128. The molecule has 0 bridgehead atoms. The third-order valence-corrected chi connectivity index (χ3v) is 11.8. The number of aliphatic hydroxyl groups excluding tert-OH is 2. The molecule has 2 saturated carbocycles. The molecular weight excluding hydrogens is 677 g/mol. The number of imidazole rings is 2. The van der Waals surface area contributed by atoms with Gasteiger partial charge >= 0.3 is 0 Å². The Labute approximate surface area is 319 Å². The van der Waals surface area contributed by atoms with Crippen LogP contribution >= 0.6 is 0 Å². The predicted molar refractivity (Wildman–Crippen MR) is 214 cm³/mol. The molecule has 0 radical (unpaired) electrons. The fourth-order valence-electron chi connectivity index (χ4n) is 7.84. The van der Waals surface area contributed by atoms with Crippen molar-refractivity contribution in [2.45, 2.75) is 125 Å². The zero-order chi connectivity index (χ0) is 39.1. The molecule has 2 aromatic carbocycles. The van der Waals surface area contributed by atoms with Gasteiger partial charge in [0.25, 0.3) is 5.91 Å². The summed E-state index contributed by atoms with van der Waals surface area (Å²) in [7, 11) is 0. The van der Waals surface area contributed by atoms with Crippen LogP contribution < -0.4 is 5.32 Å². The quantitative estimate of drug-likeness (QED) is 0.114. The zero-order valence-electron chi connectivity index (χ0n) is 33.2. The first-order valence-corrected chi connectivity index (χ1v) is 19.5. The number of carbonyl (C=O) groups excluding carboxylic acids is 2. The number of hydrogen-bond acceptors (Lipinski definition) is 6. The van der Waals surface area contributed by atoms with E-state index < -0.39 is 28.5 Å². The van der Waals surface area contributed by atoms with Gasteiger partial charge in [-0.15, -0.1) is 0 Å². The highest BCUT2D eigenvalue weighted by Gasteiger charge is 2.45. The molecule has 2 aliphatic rings. The van der Waals surface area contributed by atoms with E-state index in [1.807, 2.05) is 52.9 Å². The van der Waals surface area contributed by atoms with Crippen LogP contribution in [0.5, 0.6) is 0 Å². The standard InChI is InChI=1S/C44H58N6O4/c1-41(2,3)35(49-39(53)43(7)23-11-9-13-33(43)51)37-45-25-31(47-37)29-19-15-27(16-20-29)28-17-21-30(22-18-28)32-26-46-38(48-32)36(42(4,5)6)50-40(54)44(8)24-12-10-14-34(44)52/h15-22,25-26,33-35,51-52H,9-14,23-24H2,1-8H3,(H,45,47)(H,46,48)(H,49,53)/b50-36-. The van der Waals surface area contributed by atoms with Crippen molar-refractivity contribution in [1.29, 1.82) is 0 Å². The predicted octanol–water partition coefficient (Wildman–Crippen LogP) is 8.58. The number of rotatable bonds is 8. The van der Waals surface area contributed by atoms with E-state index in [1.165, 1.54) is 0 Å². The second-order valence-corrected chi connectivity index (χ2v) is 18.1. The molecule has 5 atom stereocenters. The molecule has 2 heterocycles. The van der Waals surface area contributed by atoms with E-state index in [2.05, 4.69) is 82.4 Å². The topological polar surface area (TPSA) is 156 Å². The molecule has 5 unspecified atom stereocenters. The summed E-state index contributed by atoms with van der Waals surface area (Å²) in [6, 6.07) is 16.2. The molecule has 4 aromatic rings. The minimum atomic E-state index is -0.882. The van der Waals surface area contributed by atoms with Crippen molar-refractivity contribution in [1.82, 2.24) is 25.3 Å². The Hall–Kier alpha value is -4.41. The van der Waals surface area contributed by atoms with Crippen molar-refractivity contribution in [3.8, 4) is 33.6 Å². The first-order valence-electron chi connectivity index (χ1n) is 19.5. The highest BCUT2D eigenvalue weighted by Crippen LogP contribution is 2.40. The second kappa shape index (κ2) is 15.0. The monoisotopic (exact) mass is 734 g/mol. The maximum absolute atomic E-state index is 13.5. The number of aromatic amines is 2. The van der Waals surface area contributed by atoms with E-state index in [1.54, 1.807) is 6.20 Å². The Morgan fingerprint density at radius 2 is 1.22 bits per heavy atom. The van der Waals surface area contributed by atoms with Crippen molar-refractivity contribution in [2.75, 3.05) is 0 Å². The number of nitrogens with one attached hydrogen (secondary N) is 3. The van der Waals surface area contributed by atoms with Crippen molar-refractivity contribution < 1.29 is 19.8 Å². The molecule has 10 heteroatoms. The first-order chi connectivity index (χ1) is 25.4. The lowest BCUT2D eigenvalue weighted by Crippen LogP contribution is -2.51. The van der Waals surface area contributed by atoms with Gasteiger partial charge in [-0.05, 0) is 67.2 Å². The van der Waals surface area contributed by atoms with E-state index in [4.69, 9.17) is 4.98 Å². The van der Waals surface area contributed by atoms with Crippen molar-refractivity contribution >= 4 is 17.5 Å². The van der Waals surface area contributed by atoms with E-state index in [9.17, 15) is 19.8 Å². The number of benzene rings is 2. The molecular formula is C44H58N6O4. The molecule has 54 heavy (non-hydrogen) atoms. The van der Waals surface area contributed by atoms with Gasteiger partial charge in [-0.25, -0.2) is 15.0 Å². The number of H-pyrrole nitrogens is 2. The van der Waals surface area contributed by atoms with Gasteiger partial charge in [0, 0.05) is 5.41 Å². The lowest BCUT2D eigenvalue weighted by atomic mass is 9.72. The molecule has 0 spiro atoms. The molecule has 2 aromatic heterocycles. The lowest BCUT2D eigenvalue weighted by Gasteiger charge is -2.39. The summed E-state index contributed by atoms with van der Waals surface area (Å²) in [5.74, 6) is 0.821. The summed E-state index contributed by atoms with van der Waals surface area (Å²) in [5.41, 5.74) is 3.87. The van der Waals surface area contributed by atoms with Crippen LogP contribution in [-0.4, -0.2) is 59.9 Å². The fourth-order valence-corrected chi connectivity index (χ4v) is 7.84. The van der Waals surface area contributed by atoms with Gasteiger partial charge in [0.1, 0.15) is 5.82 Å². The SMILES string of the molecule is CC(C)(C)/C(=N\C(=O)C1(C)CCCCC1O)c1ncc(-c2ccc(-c3ccc(-c4cnc(C(NC(=O)C5(C)CCCCC5O)C(C)(C)C)[nH]4)cc3)cc2)[nH]1. The summed E-state index contributed by atoms with van der Waals surface area (Å²) < 4.78 is 0. The molecule has 6 rings (SSSR count). The fraction of sp³-hybridized carbons (Fsp3) is 0.523. The Balaban J connectivity index is 1.16.